The van der Waals surface area contributed by atoms with Gasteiger partial charge in [-0.25, -0.2) is 4.98 Å². The number of hydrogen-bond acceptors (Lipinski definition) is 5. The third kappa shape index (κ3) is 3.02. The van der Waals surface area contributed by atoms with Crippen LogP contribution in [0.2, 0.25) is 0 Å². The highest BCUT2D eigenvalue weighted by Crippen LogP contribution is 2.25. The van der Waals surface area contributed by atoms with Crippen molar-refractivity contribution in [2.75, 3.05) is 0 Å². The average Bonchev–Trinajstić information content (AvgIpc) is 2.67. The third-order valence-electron chi connectivity index (χ3n) is 4.25. The Bertz CT molecular complexity index is 1290. The molecule has 0 aliphatic rings. The summed E-state index contributed by atoms with van der Waals surface area (Å²) in [4.78, 5) is 29.5. The van der Waals surface area contributed by atoms with E-state index in [0.29, 0.717) is 11.1 Å². The van der Waals surface area contributed by atoms with E-state index in [0.717, 1.165) is 10.8 Å². The maximum absolute atomic E-state index is 12.3. The highest BCUT2D eigenvalue weighted by molar-refractivity contribution is 5.95. The lowest BCUT2D eigenvalue weighted by Gasteiger charge is -2.06. The summed E-state index contributed by atoms with van der Waals surface area (Å²) in [5.41, 5.74) is 0.549. The zero-order valence-corrected chi connectivity index (χ0v) is 13.9. The van der Waals surface area contributed by atoms with Gasteiger partial charge in [-0.15, -0.1) is 0 Å². The predicted molar refractivity (Wildman–Crippen MR) is 103 cm³/mol. The molecule has 4 aromatic rings. The smallest absolute Gasteiger partial charge is 0.274 e. The molecule has 0 atom stereocenters. The summed E-state index contributed by atoms with van der Waals surface area (Å²) in [5.74, 6) is -0.116. The molecular weight excluding hydrogens is 346 g/mol. The van der Waals surface area contributed by atoms with Crippen LogP contribution in [0.15, 0.2) is 65.5 Å². The van der Waals surface area contributed by atoms with Gasteiger partial charge in [0.05, 0.1) is 16.0 Å². The molecule has 7 heteroatoms. The Labute approximate surface area is 152 Å². The summed E-state index contributed by atoms with van der Waals surface area (Å²) >= 11 is 0. The number of nitrogens with zero attached hydrogens (tertiary/aromatic N) is 2. The van der Waals surface area contributed by atoms with Gasteiger partial charge in [-0.2, -0.15) is 0 Å². The van der Waals surface area contributed by atoms with Gasteiger partial charge in [-0.1, -0.05) is 42.5 Å². The van der Waals surface area contributed by atoms with Gasteiger partial charge in [0, 0.05) is 23.8 Å². The molecule has 3 aromatic carbocycles. The van der Waals surface area contributed by atoms with Gasteiger partial charge in [0.2, 0.25) is 0 Å². The largest absolute Gasteiger partial charge is 0.507 e. The minimum absolute atomic E-state index is 0.0339. The molecule has 1 aromatic heterocycles. The standard InChI is InChI=1S/C20H13N3O4/c24-19(15-7-3-5-12-4-1-2-6-14(12)15)11-18-20(25)22-16-9-8-13(23(26)27)10-17(16)21-18/h1-11,24H,(H,22,25)/b19-11-. The lowest BCUT2D eigenvalue weighted by Crippen LogP contribution is -2.12. The third-order valence-corrected chi connectivity index (χ3v) is 4.25. The number of aromatic amines is 1. The van der Waals surface area contributed by atoms with Gasteiger partial charge in [-0.05, 0) is 16.8 Å². The number of rotatable bonds is 3. The van der Waals surface area contributed by atoms with Crippen LogP contribution >= 0.6 is 0 Å². The average molecular weight is 359 g/mol. The second-order valence-corrected chi connectivity index (χ2v) is 5.97. The van der Waals surface area contributed by atoms with E-state index >= 15 is 0 Å². The number of nitro groups is 1. The van der Waals surface area contributed by atoms with Crippen molar-refractivity contribution < 1.29 is 10.0 Å². The van der Waals surface area contributed by atoms with E-state index < -0.39 is 10.5 Å². The Hall–Kier alpha value is -4.00. The Morgan fingerprint density at radius 3 is 2.70 bits per heavy atom. The maximum Gasteiger partial charge on any atom is 0.274 e. The number of non-ortho nitro benzene ring substituents is 1. The van der Waals surface area contributed by atoms with E-state index in [1.165, 1.54) is 24.3 Å². The second kappa shape index (κ2) is 6.38. The number of aromatic nitrogens is 2. The van der Waals surface area contributed by atoms with E-state index in [-0.39, 0.29) is 22.7 Å². The minimum Gasteiger partial charge on any atom is -0.507 e. The lowest BCUT2D eigenvalue weighted by atomic mass is 10.0. The van der Waals surface area contributed by atoms with Crippen molar-refractivity contribution in [1.82, 2.24) is 9.97 Å². The van der Waals surface area contributed by atoms with Crippen LogP contribution in [0.1, 0.15) is 11.3 Å². The first-order valence-electron chi connectivity index (χ1n) is 8.10. The van der Waals surface area contributed by atoms with E-state index in [1.807, 2.05) is 36.4 Å². The molecule has 0 fully saturated rings. The normalized spacial score (nSPS) is 11.8. The zero-order valence-electron chi connectivity index (χ0n) is 13.9. The number of nitrogens with one attached hydrogen (secondary N) is 1. The first kappa shape index (κ1) is 16.5. The van der Waals surface area contributed by atoms with E-state index in [2.05, 4.69) is 9.97 Å². The van der Waals surface area contributed by atoms with Crippen molar-refractivity contribution in [3.8, 4) is 0 Å². The summed E-state index contributed by atoms with van der Waals surface area (Å²) in [7, 11) is 0. The molecule has 0 radical (unpaired) electrons. The summed E-state index contributed by atoms with van der Waals surface area (Å²) < 4.78 is 0. The van der Waals surface area contributed by atoms with Crippen molar-refractivity contribution in [1.29, 1.82) is 0 Å². The van der Waals surface area contributed by atoms with E-state index in [4.69, 9.17) is 0 Å². The molecule has 0 aliphatic heterocycles. The quantitative estimate of drug-likeness (QED) is 0.326. The molecule has 0 aliphatic carbocycles. The fraction of sp³-hybridized carbons (Fsp3) is 0. The summed E-state index contributed by atoms with van der Waals surface area (Å²) in [5, 5.41) is 23.3. The van der Waals surface area contributed by atoms with Crippen molar-refractivity contribution in [2.24, 2.45) is 0 Å². The predicted octanol–water partition coefficient (Wildman–Crippen LogP) is 4.04. The Kier molecular flexibility index (Phi) is 3.89. The highest BCUT2D eigenvalue weighted by atomic mass is 16.6. The molecule has 7 nitrogen and oxygen atoms in total. The molecule has 0 saturated heterocycles. The topological polar surface area (TPSA) is 109 Å². The van der Waals surface area contributed by atoms with E-state index in [9.17, 15) is 20.0 Å². The molecule has 0 spiro atoms. The Morgan fingerprint density at radius 2 is 1.89 bits per heavy atom. The van der Waals surface area contributed by atoms with Crippen molar-refractivity contribution in [3.63, 3.8) is 0 Å². The van der Waals surface area contributed by atoms with Crippen LogP contribution < -0.4 is 5.56 Å². The van der Waals surface area contributed by atoms with Gasteiger partial charge < -0.3 is 10.1 Å². The van der Waals surface area contributed by atoms with Crippen LogP contribution in [-0.4, -0.2) is 20.0 Å². The molecule has 0 amide bonds. The number of fused-ring (bicyclic) bond motifs is 2. The molecule has 4 rings (SSSR count). The van der Waals surface area contributed by atoms with Crippen LogP contribution in [0.4, 0.5) is 5.69 Å². The van der Waals surface area contributed by atoms with Gasteiger partial charge in [-0.3, -0.25) is 14.9 Å². The maximum atomic E-state index is 12.3. The van der Waals surface area contributed by atoms with Crippen LogP contribution in [0, 0.1) is 10.1 Å². The molecule has 0 bridgehead atoms. The minimum atomic E-state index is -0.532. The molecule has 2 N–H and O–H groups in total. The van der Waals surface area contributed by atoms with Gasteiger partial charge in [0.15, 0.2) is 0 Å². The molecule has 0 saturated carbocycles. The first-order valence-corrected chi connectivity index (χ1v) is 8.10. The number of H-pyrrole nitrogens is 1. The Balaban J connectivity index is 1.87. The molecule has 27 heavy (non-hydrogen) atoms. The number of aliphatic hydroxyl groups is 1. The van der Waals surface area contributed by atoms with Crippen molar-refractivity contribution in [3.05, 3.63) is 92.4 Å². The number of benzene rings is 3. The number of hydrogen-bond donors (Lipinski definition) is 2. The monoisotopic (exact) mass is 359 g/mol. The zero-order chi connectivity index (χ0) is 19.0. The summed E-state index contributed by atoms with van der Waals surface area (Å²) in [6.45, 7) is 0. The van der Waals surface area contributed by atoms with Crippen LogP contribution in [-0.2, 0) is 0 Å². The van der Waals surface area contributed by atoms with Crippen LogP contribution in [0.25, 0.3) is 33.6 Å². The SMILES string of the molecule is O=c1[nH]c2ccc([N+](=O)[O-])cc2nc1/C=C(\O)c1cccc2ccccc12. The van der Waals surface area contributed by atoms with Gasteiger partial charge in [0.1, 0.15) is 11.5 Å². The summed E-state index contributed by atoms with van der Waals surface area (Å²) in [6.07, 6.45) is 1.26. The molecule has 132 valence electrons. The first-order chi connectivity index (χ1) is 13.0. The van der Waals surface area contributed by atoms with Crippen LogP contribution in [0.3, 0.4) is 0 Å². The molecular formula is C20H13N3O4. The fourth-order valence-corrected chi connectivity index (χ4v) is 2.95. The van der Waals surface area contributed by atoms with Gasteiger partial charge >= 0.3 is 0 Å². The summed E-state index contributed by atoms with van der Waals surface area (Å²) in [6, 6.07) is 17.0. The van der Waals surface area contributed by atoms with Crippen molar-refractivity contribution >= 4 is 39.3 Å². The van der Waals surface area contributed by atoms with E-state index in [1.54, 1.807) is 6.07 Å². The second-order valence-electron chi connectivity index (χ2n) is 5.97. The lowest BCUT2D eigenvalue weighted by molar-refractivity contribution is -0.384. The Morgan fingerprint density at radius 1 is 1.11 bits per heavy atom. The number of aliphatic hydroxyl groups excluding tert-OH is 1. The molecule has 1 heterocycles. The molecule has 0 unspecified atom stereocenters. The number of nitro benzene ring substituents is 1. The highest BCUT2D eigenvalue weighted by Gasteiger charge is 2.11. The van der Waals surface area contributed by atoms with Crippen LogP contribution in [0.5, 0.6) is 0 Å². The van der Waals surface area contributed by atoms with Crippen molar-refractivity contribution in [2.45, 2.75) is 0 Å². The fourth-order valence-electron chi connectivity index (χ4n) is 2.95. The van der Waals surface area contributed by atoms with Gasteiger partial charge in [0.25, 0.3) is 11.2 Å².